The fraction of sp³-hybridized carbons (Fsp3) is 0.207. The predicted octanol–water partition coefficient (Wildman–Crippen LogP) is 4.96. The van der Waals surface area contributed by atoms with Gasteiger partial charge >= 0.3 is 6.09 Å². The van der Waals surface area contributed by atoms with Crippen LogP contribution in [0.1, 0.15) is 47.1 Å². The van der Waals surface area contributed by atoms with Crippen molar-refractivity contribution in [1.29, 1.82) is 0 Å². The average molecular weight is 527 g/mol. The highest BCUT2D eigenvalue weighted by atomic mass is 16.6. The monoisotopic (exact) mass is 526 g/mol. The van der Waals surface area contributed by atoms with Crippen LogP contribution in [0.25, 0.3) is 10.9 Å². The van der Waals surface area contributed by atoms with Gasteiger partial charge in [0.05, 0.1) is 11.1 Å². The molecule has 10 heteroatoms. The first-order valence-electron chi connectivity index (χ1n) is 12.3. The molecule has 4 N–H and O–H groups in total. The number of amides is 3. The summed E-state index contributed by atoms with van der Waals surface area (Å²) in [6, 6.07) is 19.3. The van der Waals surface area contributed by atoms with Crippen LogP contribution in [0.5, 0.6) is 0 Å². The minimum Gasteiger partial charge on any atom is -0.443 e. The molecule has 4 rings (SSSR count). The summed E-state index contributed by atoms with van der Waals surface area (Å²) in [5.74, 6) is -0.278. The maximum absolute atomic E-state index is 12.9. The van der Waals surface area contributed by atoms with E-state index in [0.717, 1.165) is 5.56 Å². The van der Waals surface area contributed by atoms with Crippen LogP contribution in [0, 0.1) is 0 Å². The highest BCUT2D eigenvalue weighted by Crippen LogP contribution is 2.23. The van der Waals surface area contributed by atoms with Crippen LogP contribution >= 0.6 is 0 Å². The summed E-state index contributed by atoms with van der Waals surface area (Å²) >= 11 is 0. The molecule has 0 unspecified atom stereocenters. The van der Waals surface area contributed by atoms with E-state index < -0.39 is 17.6 Å². The number of nitrogens with two attached hydrogens (primary N) is 1. The topological polar surface area (TPSA) is 140 Å². The van der Waals surface area contributed by atoms with E-state index >= 15 is 0 Å². The molecule has 4 aromatic rings. The van der Waals surface area contributed by atoms with Crippen molar-refractivity contribution in [2.24, 2.45) is 5.73 Å². The summed E-state index contributed by atoms with van der Waals surface area (Å²) in [7, 11) is 1.61. The van der Waals surface area contributed by atoms with Crippen LogP contribution in [-0.4, -0.2) is 40.5 Å². The molecule has 0 spiro atoms. The summed E-state index contributed by atoms with van der Waals surface area (Å²) < 4.78 is 5.38. The van der Waals surface area contributed by atoms with Crippen molar-refractivity contribution in [3.8, 4) is 0 Å². The number of carbonyl (C=O) groups is 3. The molecule has 0 fully saturated rings. The smallest absolute Gasteiger partial charge is 0.414 e. The zero-order valence-electron chi connectivity index (χ0n) is 22.2. The molecule has 0 aliphatic heterocycles. The number of fused-ring (bicyclic) bond motifs is 1. The van der Waals surface area contributed by atoms with Crippen molar-refractivity contribution < 1.29 is 19.1 Å². The first kappa shape index (κ1) is 27.1. The third-order valence-corrected chi connectivity index (χ3v) is 5.76. The zero-order chi connectivity index (χ0) is 28.2. The lowest BCUT2D eigenvalue weighted by Crippen LogP contribution is -2.34. The van der Waals surface area contributed by atoms with Gasteiger partial charge in [-0.05, 0) is 74.9 Å². The van der Waals surface area contributed by atoms with Crippen LogP contribution in [0.4, 0.5) is 22.0 Å². The molecule has 0 saturated heterocycles. The van der Waals surface area contributed by atoms with Crippen molar-refractivity contribution in [2.45, 2.75) is 32.9 Å². The number of nitrogens with zero attached hydrogens (tertiary/aromatic N) is 3. The van der Waals surface area contributed by atoms with E-state index in [1.807, 2.05) is 24.3 Å². The Morgan fingerprint density at radius 2 is 1.69 bits per heavy atom. The van der Waals surface area contributed by atoms with E-state index in [1.165, 1.54) is 11.2 Å². The number of para-hydroxylation sites is 1. The molecule has 1 heterocycles. The molecule has 0 saturated carbocycles. The molecule has 3 aromatic carbocycles. The molecular weight excluding hydrogens is 496 g/mol. The average Bonchev–Trinajstić information content (AvgIpc) is 2.90. The fourth-order valence-electron chi connectivity index (χ4n) is 3.85. The Kier molecular flexibility index (Phi) is 7.75. The molecule has 0 aliphatic carbocycles. The lowest BCUT2D eigenvalue weighted by atomic mass is 10.1. The molecule has 0 radical (unpaired) electrons. The largest absolute Gasteiger partial charge is 0.443 e. The SMILES string of the molecule is CN(C(=O)OC(C)(C)C)c1ccc(C(=O)Nc2cccc(CNc3ncnc4c(C(N)=O)cccc34)c2)cc1. The number of benzene rings is 3. The second-order valence-electron chi connectivity index (χ2n) is 9.88. The van der Waals surface area contributed by atoms with E-state index in [1.54, 1.807) is 70.3 Å². The molecule has 0 atom stereocenters. The first-order valence-corrected chi connectivity index (χ1v) is 12.3. The third-order valence-electron chi connectivity index (χ3n) is 5.76. The van der Waals surface area contributed by atoms with Crippen LogP contribution in [0.15, 0.2) is 73.1 Å². The van der Waals surface area contributed by atoms with Gasteiger partial charge in [-0.15, -0.1) is 0 Å². The Balaban J connectivity index is 1.41. The number of rotatable bonds is 7. The van der Waals surface area contributed by atoms with Crippen LogP contribution < -0.4 is 21.3 Å². The van der Waals surface area contributed by atoms with E-state index in [4.69, 9.17) is 10.5 Å². The van der Waals surface area contributed by atoms with Gasteiger partial charge in [0, 0.05) is 35.9 Å². The fourth-order valence-corrected chi connectivity index (χ4v) is 3.85. The summed E-state index contributed by atoms with van der Waals surface area (Å²) in [4.78, 5) is 46.8. The van der Waals surface area contributed by atoms with Crippen molar-refractivity contribution in [2.75, 3.05) is 22.6 Å². The maximum Gasteiger partial charge on any atom is 0.414 e. The van der Waals surface area contributed by atoms with E-state index in [9.17, 15) is 14.4 Å². The van der Waals surface area contributed by atoms with E-state index in [0.29, 0.717) is 45.8 Å². The summed E-state index contributed by atoms with van der Waals surface area (Å²) in [6.45, 7) is 5.82. The predicted molar refractivity (Wildman–Crippen MR) is 151 cm³/mol. The number of primary amides is 1. The second-order valence-corrected chi connectivity index (χ2v) is 9.88. The molecule has 39 heavy (non-hydrogen) atoms. The summed E-state index contributed by atoms with van der Waals surface area (Å²) in [5, 5.41) is 6.84. The Hall–Kier alpha value is -4.99. The minimum absolute atomic E-state index is 0.285. The van der Waals surface area contributed by atoms with E-state index in [-0.39, 0.29) is 5.91 Å². The number of hydrogen-bond acceptors (Lipinski definition) is 7. The van der Waals surface area contributed by atoms with Gasteiger partial charge in [0.1, 0.15) is 17.7 Å². The number of hydrogen-bond donors (Lipinski definition) is 3. The van der Waals surface area contributed by atoms with Gasteiger partial charge < -0.3 is 21.1 Å². The first-order chi connectivity index (χ1) is 18.5. The second kappa shape index (κ2) is 11.2. The zero-order valence-corrected chi connectivity index (χ0v) is 22.2. The van der Waals surface area contributed by atoms with Gasteiger partial charge in [0.15, 0.2) is 0 Å². The molecule has 10 nitrogen and oxygen atoms in total. The lowest BCUT2D eigenvalue weighted by Gasteiger charge is -2.24. The molecule has 3 amide bonds. The number of aromatic nitrogens is 2. The van der Waals surface area contributed by atoms with Gasteiger partial charge in [-0.2, -0.15) is 0 Å². The third kappa shape index (κ3) is 6.67. The Morgan fingerprint density at radius 1 is 0.974 bits per heavy atom. The maximum atomic E-state index is 12.9. The Labute approximate surface area is 226 Å². The molecule has 0 bridgehead atoms. The number of anilines is 3. The molecule has 1 aromatic heterocycles. The summed E-state index contributed by atoms with van der Waals surface area (Å²) in [5.41, 5.74) is 8.24. The number of ether oxygens (including phenoxy) is 1. The molecule has 0 aliphatic rings. The van der Waals surface area contributed by atoms with Crippen LogP contribution in [0.3, 0.4) is 0 Å². The van der Waals surface area contributed by atoms with Crippen molar-refractivity contribution in [1.82, 2.24) is 9.97 Å². The lowest BCUT2D eigenvalue weighted by molar-refractivity contribution is 0.0589. The highest BCUT2D eigenvalue weighted by molar-refractivity contribution is 6.07. The molecule has 200 valence electrons. The van der Waals surface area contributed by atoms with Gasteiger partial charge in [-0.3, -0.25) is 14.5 Å². The molecular formula is C29H30N6O4. The number of carbonyl (C=O) groups excluding carboxylic acids is 3. The number of nitrogens with one attached hydrogen (secondary N) is 2. The van der Waals surface area contributed by atoms with Crippen LogP contribution in [0.2, 0.25) is 0 Å². The van der Waals surface area contributed by atoms with Gasteiger partial charge in [0.2, 0.25) is 0 Å². The standard InChI is InChI=1S/C29H30N6O4/c1-29(2,3)39-28(38)35(4)21-13-11-19(12-14-21)27(37)34-20-8-5-7-18(15-20)16-31-26-23-10-6-9-22(25(30)36)24(23)32-17-33-26/h5-15,17H,16H2,1-4H3,(H2,30,36)(H,34,37)(H,31,32,33). The highest BCUT2D eigenvalue weighted by Gasteiger charge is 2.21. The quantitative estimate of drug-likeness (QED) is 0.309. The van der Waals surface area contributed by atoms with E-state index in [2.05, 4.69) is 20.6 Å². The van der Waals surface area contributed by atoms with Gasteiger partial charge in [0.25, 0.3) is 11.8 Å². The minimum atomic E-state index is -0.605. The van der Waals surface area contributed by atoms with Crippen molar-refractivity contribution in [3.05, 3.63) is 89.7 Å². The Bertz CT molecular complexity index is 1530. The van der Waals surface area contributed by atoms with Gasteiger partial charge in [-0.1, -0.05) is 18.2 Å². The van der Waals surface area contributed by atoms with Crippen molar-refractivity contribution >= 4 is 46.0 Å². The van der Waals surface area contributed by atoms with Gasteiger partial charge in [-0.25, -0.2) is 14.8 Å². The summed E-state index contributed by atoms with van der Waals surface area (Å²) in [6.07, 6.45) is 0.901. The van der Waals surface area contributed by atoms with Crippen molar-refractivity contribution in [3.63, 3.8) is 0 Å². The van der Waals surface area contributed by atoms with Crippen LogP contribution in [-0.2, 0) is 11.3 Å². The Morgan fingerprint density at radius 3 is 2.38 bits per heavy atom. The normalized spacial score (nSPS) is 11.1.